The van der Waals surface area contributed by atoms with Crippen molar-refractivity contribution < 1.29 is 4.79 Å². The monoisotopic (exact) mass is 386 g/mol. The van der Waals surface area contributed by atoms with Crippen LogP contribution in [-0.2, 0) is 6.54 Å². The molecule has 5 nitrogen and oxygen atoms in total. The quantitative estimate of drug-likeness (QED) is 0.656. The summed E-state index contributed by atoms with van der Waals surface area (Å²) in [6.45, 7) is 0.651. The molecule has 1 aliphatic carbocycles. The Hall–Kier alpha value is -3.21. The van der Waals surface area contributed by atoms with Crippen LogP contribution in [0.4, 0.5) is 11.6 Å². The van der Waals surface area contributed by atoms with Gasteiger partial charge in [0.1, 0.15) is 0 Å². The predicted octanol–water partition coefficient (Wildman–Crippen LogP) is 4.88. The van der Waals surface area contributed by atoms with Crippen LogP contribution >= 0.6 is 0 Å². The SMILES string of the molecule is O=C(NC1CCCCC1)c1cnc(N(Cc2ccccc2)c2ccccc2)nc1. The van der Waals surface area contributed by atoms with Crippen LogP contribution in [0.15, 0.2) is 73.1 Å². The van der Waals surface area contributed by atoms with Gasteiger partial charge < -0.3 is 10.2 Å². The number of benzene rings is 2. The van der Waals surface area contributed by atoms with Crippen molar-refractivity contribution in [2.45, 2.75) is 44.7 Å². The molecule has 0 saturated heterocycles. The predicted molar refractivity (Wildman–Crippen MR) is 115 cm³/mol. The minimum atomic E-state index is -0.0854. The number of amides is 1. The highest BCUT2D eigenvalue weighted by atomic mass is 16.1. The summed E-state index contributed by atoms with van der Waals surface area (Å²) in [5.41, 5.74) is 2.68. The normalized spacial score (nSPS) is 14.3. The Morgan fingerprint density at radius 1 is 0.897 bits per heavy atom. The molecule has 4 rings (SSSR count). The lowest BCUT2D eigenvalue weighted by molar-refractivity contribution is 0.0927. The van der Waals surface area contributed by atoms with Crippen LogP contribution in [0.25, 0.3) is 0 Å². The van der Waals surface area contributed by atoms with Crippen molar-refractivity contribution in [3.8, 4) is 0 Å². The fraction of sp³-hybridized carbons (Fsp3) is 0.292. The second kappa shape index (κ2) is 9.32. The standard InChI is InChI=1S/C24H26N4O/c29-23(27-21-12-6-2-7-13-21)20-16-25-24(26-17-20)28(22-14-8-3-9-15-22)18-19-10-4-1-5-11-19/h1,3-5,8-11,14-17,21H,2,6-7,12-13,18H2,(H,27,29). The summed E-state index contributed by atoms with van der Waals surface area (Å²) in [6, 6.07) is 20.6. The van der Waals surface area contributed by atoms with Crippen LogP contribution in [0.2, 0.25) is 0 Å². The Kier molecular flexibility index (Phi) is 6.15. The topological polar surface area (TPSA) is 58.1 Å². The molecule has 3 aromatic rings. The molecule has 1 aromatic heterocycles. The molecule has 29 heavy (non-hydrogen) atoms. The molecule has 0 aliphatic heterocycles. The van der Waals surface area contributed by atoms with Crippen molar-refractivity contribution in [2.75, 3.05) is 4.90 Å². The van der Waals surface area contributed by atoms with Gasteiger partial charge in [-0.25, -0.2) is 9.97 Å². The van der Waals surface area contributed by atoms with Gasteiger partial charge in [-0.05, 0) is 30.5 Å². The van der Waals surface area contributed by atoms with Gasteiger partial charge in [-0.3, -0.25) is 4.79 Å². The zero-order chi connectivity index (χ0) is 19.9. The molecule has 0 radical (unpaired) electrons. The Bertz CT molecular complexity index is 907. The summed E-state index contributed by atoms with van der Waals surface area (Å²) in [5, 5.41) is 3.12. The molecule has 0 atom stereocenters. The third kappa shape index (κ3) is 4.99. The third-order valence-electron chi connectivity index (χ3n) is 5.33. The van der Waals surface area contributed by atoms with Gasteiger partial charge >= 0.3 is 0 Å². The molecule has 1 amide bonds. The van der Waals surface area contributed by atoms with Crippen molar-refractivity contribution in [2.24, 2.45) is 0 Å². The fourth-order valence-electron chi connectivity index (χ4n) is 3.74. The molecule has 1 heterocycles. The van der Waals surface area contributed by atoms with Gasteiger partial charge in [-0.1, -0.05) is 67.8 Å². The Morgan fingerprint density at radius 2 is 1.52 bits per heavy atom. The summed E-state index contributed by atoms with van der Waals surface area (Å²) in [6.07, 6.45) is 9.01. The summed E-state index contributed by atoms with van der Waals surface area (Å²) >= 11 is 0. The molecule has 0 unspecified atom stereocenters. The fourth-order valence-corrected chi connectivity index (χ4v) is 3.74. The molecule has 1 aliphatic rings. The van der Waals surface area contributed by atoms with Crippen LogP contribution < -0.4 is 10.2 Å². The first-order valence-corrected chi connectivity index (χ1v) is 10.3. The van der Waals surface area contributed by atoms with Gasteiger partial charge in [0.25, 0.3) is 5.91 Å². The molecule has 2 aromatic carbocycles. The number of rotatable bonds is 6. The molecule has 148 valence electrons. The molecule has 1 N–H and O–H groups in total. The molecule has 1 fully saturated rings. The Balaban J connectivity index is 1.52. The zero-order valence-corrected chi connectivity index (χ0v) is 16.5. The number of carbonyl (C=O) groups is 1. The number of hydrogen-bond donors (Lipinski definition) is 1. The van der Waals surface area contributed by atoms with Crippen molar-refractivity contribution in [1.82, 2.24) is 15.3 Å². The van der Waals surface area contributed by atoms with E-state index in [9.17, 15) is 4.79 Å². The lowest BCUT2D eigenvalue weighted by Crippen LogP contribution is -2.36. The summed E-state index contributed by atoms with van der Waals surface area (Å²) in [4.78, 5) is 23.6. The van der Waals surface area contributed by atoms with Crippen LogP contribution in [0.1, 0.15) is 48.0 Å². The smallest absolute Gasteiger partial charge is 0.254 e. The summed E-state index contributed by atoms with van der Waals surface area (Å²) in [7, 11) is 0. The van der Waals surface area contributed by atoms with E-state index >= 15 is 0 Å². The van der Waals surface area contributed by atoms with E-state index in [0.29, 0.717) is 18.1 Å². The largest absolute Gasteiger partial charge is 0.349 e. The second-order valence-electron chi connectivity index (χ2n) is 7.49. The Labute approximate surface area is 171 Å². The Morgan fingerprint density at radius 3 is 2.17 bits per heavy atom. The van der Waals surface area contributed by atoms with Crippen LogP contribution in [0.3, 0.4) is 0 Å². The zero-order valence-electron chi connectivity index (χ0n) is 16.5. The highest BCUT2D eigenvalue weighted by molar-refractivity contribution is 5.93. The number of anilines is 2. The number of carbonyl (C=O) groups excluding carboxylic acids is 1. The number of hydrogen-bond acceptors (Lipinski definition) is 4. The maximum Gasteiger partial charge on any atom is 0.254 e. The minimum absolute atomic E-state index is 0.0854. The summed E-state index contributed by atoms with van der Waals surface area (Å²) < 4.78 is 0. The first-order valence-electron chi connectivity index (χ1n) is 10.3. The van der Waals surface area contributed by atoms with Gasteiger partial charge in [0.05, 0.1) is 12.1 Å². The van der Waals surface area contributed by atoms with E-state index in [2.05, 4.69) is 32.3 Å². The third-order valence-corrected chi connectivity index (χ3v) is 5.33. The molecular formula is C24H26N4O. The number of para-hydroxylation sites is 1. The highest BCUT2D eigenvalue weighted by Crippen LogP contribution is 2.24. The van der Waals surface area contributed by atoms with Crippen LogP contribution in [0, 0.1) is 0 Å². The van der Waals surface area contributed by atoms with E-state index in [1.165, 1.54) is 24.8 Å². The van der Waals surface area contributed by atoms with Crippen LogP contribution in [-0.4, -0.2) is 21.9 Å². The summed E-state index contributed by atoms with van der Waals surface area (Å²) in [5.74, 6) is 0.493. The van der Waals surface area contributed by atoms with Crippen molar-refractivity contribution >= 4 is 17.5 Å². The van der Waals surface area contributed by atoms with E-state index in [1.807, 2.05) is 48.5 Å². The van der Waals surface area contributed by atoms with Crippen molar-refractivity contribution in [3.63, 3.8) is 0 Å². The molecular weight excluding hydrogens is 360 g/mol. The van der Waals surface area contributed by atoms with E-state index in [-0.39, 0.29) is 11.9 Å². The maximum atomic E-state index is 12.6. The first kappa shape index (κ1) is 19.1. The molecule has 1 saturated carbocycles. The van der Waals surface area contributed by atoms with Gasteiger partial charge in [0, 0.05) is 24.1 Å². The average Bonchev–Trinajstić information content (AvgIpc) is 2.79. The minimum Gasteiger partial charge on any atom is -0.349 e. The van der Waals surface area contributed by atoms with Crippen molar-refractivity contribution in [3.05, 3.63) is 84.2 Å². The second-order valence-corrected chi connectivity index (χ2v) is 7.49. The lowest BCUT2D eigenvalue weighted by atomic mass is 9.95. The van der Waals surface area contributed by atoms with Gasteiger partial charge in [0.15, 0.2) is 0 Å². The molecule has 0 spiro atoms. The van der Waals surface area contributed by atoms with E-state index in [0.717, 1.165) is 18.5 Å². The number of nitrogens with one attached hydrogen (secondary N) is 1. The van der Waals surface area contributed by atoms with Crippen molar-refractivity contribution in [1.29, 1.82) is 0 Å². The van der Waals surface area contributed by atoms with Gasteiger partial charge in [0.2, 0.25) is 5.95 Å². The maximum absolute atomic E-state index is 12.6. The van der Waals surface area contributed by atoms with E-state index < -0.39 is 0 Å². The average molecular weight is 386 g/mol. The van der Waals surface area contributed by atoms with Gasteiger partial charge in [-0.15, -0.1) is 0 Å². The van der Waals surface area contributed by atoms with E-state index in [1.54, 1.807) is 12.4 Å². The van der Waals surface area contributed by atoms with E-state index in [4.69, 9.17) is 0 Å². The van der Waals surface area contributed by atoms with Gasteiger partial charge in [-0.2, -0.15) is 0 Å². The highest BCUT2D eigenvalue weighted by Gasteiger charge is 2.18. The number of nitrogens with zero attached hydrogens (tertiary/aromatic N) is 3. The molecule has 0 bridgehead atoms. The lowest BCUT2D eigenvalue weighted by Gasteiger charge is -2.24. The number of aromatic nitrogens is 2. The van der Waals surface area contributed by atoms with Crippen LogP contribution in [0.5, 0.6) is 0 Å². The molecule has 5 heteroatoms. The first-order chi connectivity index (χ1) is 14.3.